The van der Waals surface area contributed by atoms with E-state index < -0.39 is 5.60 Å². The summed E-state index contributed by atoms with van der Waals surface area (Å²) in [4.78, 5) is 7.97. The Labute approximate surface area is 90.6 Å². The monoisotopic (exact) mass is 206 g/mol. The predicted octanol–water partition coefficient (Wildman–Crippen LogP) is 2.12. The first-order chi connectivity index (χ1) is 6.94. The summed E-state index contributed by atoms with van der Waals surface area (Å²) in [5, 5.41) is 10.7. The first kappa shape index (κ1) is 10.6. The molecule has 82 valence electrons. The molecule has 1 fully saturated rings. The largest absolute Gasteiger partial charge is 0.385 e. The Bertz CT molecular complexity index is 350. The van der Waals surface area contributed by atoms with Crippen molar-refractivity contribution in [1.82, 2.24) is 9.97 Å². The van der Waals surface area contributed by atoms with E-state index in [1.54, 1.807) is 12.4 Å². The molecule has 3 nitrogen and oxygen atoms in total. The highest BCUT2D eigenvalue weighted by Crippen LogP contribution is 2.52. The van der Waals surface area contributed by atoms with Crippen LogP contribution >= 0.6 is 0 Å². The van der Waals surface area contributed by atoms with Crippen molar-refractivity contribution in [2.24, 2.45) is 11.3 Å². The lowest BCUT2D eigenvalue weighted by molar-refractivity contribution is -0.00149. The van der Waals surface area contributed by atoms with E-state index in [4.69, 9.17) is 0 Å². The third-order valence-corrected chi connectivity index (χ3v) is 3.48. The zero-order valence-electron chi connectivity index (χ0n) is 9.57. The zero-order chi connectivity index (χ0) is 11.1. The van der Waals surface area contributed by atoms with Gasteiger partial charge in [-0.25, -0.2) is 9.97 Å². The number of aromatic nitrogens is 2. The van der Waals surface area contributed by atoms with Gasteiger partial charge in [0.25, 0.3) is 0 Å². The van der Waals surface area contributed by atoms with E-state index in [1.807, 2.05) is 0 Å². The van der Waals surface area contributed by atoms with Crippen LogP contribution in [0.5, 0.6) is 0 Å². The topological polar surface area (TPSA) is 46.0 Å². The first-order valence-electron chi connectivity index (χ1n) is 5.42. The maximum atomic E-state index is 10.7. The summed E-state index contributed by atoms with van der Waals surface area (Å²) in [7, 11) is 0. The molecule has 1 N–H and O–H groups in total. The highest BCUT2D eigenvalue weighted by molar-refractivity contribution is 5.19. The van der Waals surface area contributed by atoms with E-state index in [0.717, 1.165) is 18.4 Å². The summed E-state index contributed by atoms with van der Waals surface area (Å²) >= 11 is 0. The third-order valence-electron chi connectivity index (χ3n) is 3.48. The maximum Gasteiger partial charge on any atom is 0.115 e. The molecule has 2 unspecified atom stereocenters. The van der Waals surface area contributed by atoms with Crippen molar-refractivity contribution < 1.29 is 5.11 Å². The molecule has 0 bridgehead atoms. The molecule has 1 aliphatic rings. The Kier molecular flexibility index (Phi) is 2.30. The van der Waals surface area contributed by atoms with Crippen molar-refractivity contribution in [1.29, 1.82) is 0 Å². The van der Waals surface area contributed by atoms with Gasteiger partial charge >= 0.3 is 0 Å². The molecule has 0 saturated heterocycles. The quantitative estimate of drug-likeness (QED) is 0.765. The zero-order valence-corrected chi connectivity index (χ0v) is 9.57. The van der Waals surface area contributed by atoms with Crippen molar-refractivity contribution in [2.75, 3.05) is 0 Å². The molecule has 1 aromatic rings. The van der Waals surface area contributed by atoms with Crippen molar-refractivity contribution in [2.45, 2.75) is 39.2 Å². The first-order valence-corrected chi connectivity index (χ1v) is 5.42. The summed E-state index contributed by atoms with van der Waals surface area (Å²) in [6, 6.07) is 0. The lowest BCUT2D eigenvalue weighted by Gasteiger charge is -2.28. The van der Waals surface area contributed by atoms with Gasteiger partial charge in [-0.1, -0.05) is 20.8 Å². The van der Waals surface area contributed by atoms with Crippen LogP contribution in [0.25, 0.3) is 0 Å². The van der Waals surface area contributed by atoms with Crippen LogP contribution in [-0.4, -0.2) is 15.1 Å². The second kappa shape index (κ2) is 3.27. The summed E-state index contributed by atoms with van der Waals surface area (Å²) in [5.74, 6) is 0.262. The van der Waals surface area contributed by atoms with Crippen LogP contribution in [0.2, 0.25) is 0 Å². The van der Waals surface area contributed by atoms with Gasteiger partial charge in [-0.05, 0) is 24.2 Å². The lowest BCUT2D eigenvalue weighted by Crippen LogP contribution is -2.29. The predicted molar refractivity (Wildman–Crippen MR) is 58.1 cm³/mol. The molecule has 0 radical (unpaired) electrons. The summed E-state index contributed by atoms with van der Waals surface area (Å²) in [6.45, 7) is 6.50. The van der Waals surface area contributed by atoms with Crippen LogP contribution in [0, 0.1) is 11.3 Å². The van der Waals surface area contributed by atoms with E-state index in [1.165, 1.54) is 6.33 Å². The average Bonchev–Trinajstić information content (AvgIpc) is 2.38. The second-order valence-corrected chi connectivity index (χ2v) is 5.50. The fraction of sp³-hybridized carbons (Fsp3) is 0.667. The molecule has 3 heteroatoms. The Hall–Kier alpha value is -0.960. The van der Waals surface area contributed by atoms with Crippen LogP contribution in [0.4, 0.5) is 0 Å². The highest BCUT2D eigenvalue weighted by atomic mass is 16.3. The minimum Gasteiger partial charge on any atom is -0.385 e. The van der Waals surface area contributed by atoms with Crippen LogP contribution < -0.4 is 0 Å². The smallest absolute Gasteiger partial charge is 0.115 e. The van der Waals surface area contributed by atoms with E-state index in [-0.39, 0.29) is 11.3 Å². The van der Waals surface area contributed by atoms with E-state index in [9.17, 15) is 5.11 Å². The summed E-state index contributed by atoms with van der Waals surface area (Å²) < 4.78 is 0. The normalized spacial score (nSPS) is 34.3. The van der Waals surface area contributed by atoms with Gasteiger partial charge in [-0.15, -0.1) is 0 Å². The number of nitrogens with zero attached hydrogens (tertiary/aromatic N) is 2. The van der Waals surface area contributed by atoms with Crippen molar-refractivity contribution in [3.8, 4) is 0 Å². The average molecular weight is 206 g/mol. The molecule has 2 atom stereocenters. The molecular weight excluding hydrogens is 188 g/mol. The van der Waals surface area contributed by atoms with Crippen molar-refractivity contribution in [3.63, 3.8) is 0 Å². The minimum atomic E-state index is -0.745. The highest BCUT2D eigenvalue weighted by Gasteiger charge is 2.48. The molecule has 2 rings (SSSR count). The van der Waals surface area contributed by atoms with E-state index >= 15 is 0 Å². The number of rotatable bonds is 1. The number of hydrogen-bond acceptors (Lipinski definition) is 3. The molecule has 1 aliphatic carbocycles. The molecule has 1 saturated carbocycles. The second-order valence-electron chi connectivity index (χ2n) is 5.50. The number of hydrogen-bond donors (Lipinski definition) is 1. The fourth-order valence-corrected chi connectivity index (χ4v) is 2.88. The molecule has 1 heterocycles. The van der Waals surface area contributed by atoms with Gasteiger partial charge in [0.05, 0.1) is 5.60 Å². The van der Waals surface area contributed by atoms with Gasteiger partial charge in [-0.3, -0.25) is 0 Å². The van der Waals surface area contributed by atoms with Gasteiger partial charge in [0.2, 0.25) is 0 Å². The Morgan fingerprint density at radius 2 is 1.93 bits per heavy atom. The Morgan fingerprint density at radius 3 is 2.40 bits per heavy atom. The van der Waals surface area contributed by atoms with Gasteiger partial charge in [0, 0.05) is 18.0 Å². The van der Waals surface area contributed by atoms with Crippen molar-refractivity contribution in [3.05, 3.63) is 24.3 Å². The van der Waals surface area contributed by atoms with Crippen LogP contribution in [0.15, 0.2) is 18.7 Å². The summed E-state index contributed by atoms with van der Waals surface area (Å²) in [6.07, 6.45) is 6.78. The lowest BCUT2D eigenvalue weighted by atomic mass is 9.85. The molecule has 0 aromatic carbocycles. The molecular formula is C12H18N2O. The Morgan fingerprint density at radius 1 is 1.33 bits per heavy atom. The van der Waals surface area contributed by atoms with Gasteiger partial charge < -0.3 is 5.11 Å². The SMILES string of the molecule is CC1CC(C)(C)CC1(O)c1cncnc1. The molecule has 15 heavy (non-hydrogen) atoms. The molecule has 0 spiro atoms. The van der Waals surface area contributed by atoms with Crippen LogP contribution in [0.3, 0.4) is 0 Å². The van der Waals surface area contributed by atoms with Crippen molar-refractivity contribution >= 4 is 0 Å². The summed E-state index contributed by atoms with van der Waals surface area (Å²) in [5.41, 5.74) is 0.303. The fourth-order valence-electron chi connectivity index (χ4n) is 2.88. The molecule has 1 aromatic heterocycles. The molecule has 0 amide bonds. The van der Waals surface area contributed by atoms with Crippen LogP contribution in [-0.2, 0) is 5.60 Å². The van der Waals surface area contributed by atoms with Gasteiger partial charge in [0.1, 0.15) is 6.33 Å². The van der Waals surface area contributed by atoms with Crippen LogP contribution in [0.1, 0.15) is 39.2 Å². The van der Waals surface area contributed by atoms with E-state index in [2.05, 4.69) is 30.7 Å². The van der Waals surface area contributed by atoms with E-state index in [0.29, 0.717) is 0 Å². The minimum absolute atomic E-state index is 0.198. The maximum absolute atomic E-state index is 10.7. The van der Waals surface area contributed by atoms with Gasteiger partial charge in [-0.2, -0.15) is 0 Å². The Balaban J connectivity index is 2.36. The van der Waals surface area contributed by atoms with Gasteiger partial charge in [0.15, 0.2) is 0 Å². The third kappa shape index (κ3) is 1.76. The molecule has 0 aliphatic heterocycles. The number of aliphatic hydroxyl groups is 1. The standard InChI is InChI=1S/C12H18N2O/c1-9-4-11(2,3)7-12(9,15)10-5-13-8-14-6-10/h5-6,8-9,15H,4,7H2,1-3H3.